The van der Waals surface area contributed by atoms with Crippen LogP contribution in [0, 0.1) is 0 Å². The first-order valence-electron chi connectivity index (χ1n) is 6.81. The number of carboxylic acid groups (broad SMARTS) is 2. The van der Waals surface area contributed by atoms with Crippen LogP contribution in [0.25, 0.3) is 0 Å². The molecule has 7 nitrogen and oxygen atoms in total. The van der Waals surface area contributed by atoms with Gasteiger partial charge < -0.3 is 19.4 Å². The lowest BCUT2D eigenvalue weighted by molar-refractivity contribution is -0.873. The van der Waals surface area contributed by atoms with E-state index in [1.165, 1.54) is 14.1 Å². The molecule has 0 aliphatic carbocycles. The van der Waals surface area contributed by atoms with E-state index < -0.39 is 54.7 Å². The van der Waals surface area contributed by atoms with Crippen molar-refractivity contribution < 1.29 is 37.9 Å². The second-order valence-electron chi connectivity index (χ2n) is 4.47. The molecule has 0 radical (unpaired) electrons. The molecule has 0 aromatic rings. The zero-order chi connectivity index (χ0) is 16.8. The molecular weight excluding hydrogens is 242 g/mol. The van der Waals surface area contributed by atoms with Crippen LogP contribution in [-0.4, -0.2) is 66.3 Å². The van der Waals surface area contributed by atoms with Crippen LogP contribution in [0.2, 0.25) is 0 Å². The van der Waals surface area contributed by atoms with Gasteiger partial charge in [-0.2, -0.15) is 0 Å². The van der Waals surface area contributed by atoms with Crippen LogP contribution >= 0.6 is 0 Å². The van der Waals surface area contributed by atoms with Crippen molar-refractivity contribution in [3.05, 3.63) is 0 Å². The van der Waals surface area contributed by atoms with Crippen LogP contribution in [0.1, 0.15) is 23.4 Å². The number of likely N-dealkylation sites (N-methyl/N-ethyl adjacent to an activating group) is 1. The molecule has 0 saturated heterocycles. The zero-order valence-electron chi connectivity index (χ0n) is 13.4. The van der Waals surface area contributed by atoms with Gasteiger partial charge in [-0.05, 0) is 0 Å². The number of rotatable bonds is 8. The van der Waals surface area contributed by atoms with E-state index in [1.807, 2.05) is 0 Å². The van der Waals surface area contributed by atoms with Gasteiger partial charge in [-0.1, -0.05) is 0 Å². The molecule has 2 N–H and O–H groups in total. The summed E-state index contributed by atoms with van der Waals surface area (Å²) in [7, 11) is 2.74. The maximum absolute atomic E-state index is 11.4. The van der Waals surface area contributed by atoms with Gasteiger partial charge in [0.05, 0.1) is 44.4 Å². The molecule has 1 atom stereocenters. The molecule has 7 heteroatoms. The van der Waals surface area contributed by atoms with Gasteiger partial charge in [-0.15, -0.1) is 0 Å². The smallest absolute Gasteiger partial charge is 0.307 e. The Hall–Kier alpha value is -1.63. The van der Waals surface area contributed by atoms with E-state index in [0.717, 1.165) is 0 Å². The van der Waals surface area contributed by atoms with Crippen molar-refractivity contribution in [2.24, 2.45) is 0 Å². The first-order chi connectivity index (χ1) is 9.35. The summed E-state index contributed by atoms with van der Waals surface area (Å²) in [6.45, 7) is -2.62. The minimum atomic E-state index is -2.40. The van der Waals surface area contributed by atoms with Crippen molar-refractivity contribution in [1.82, 2.24) is 0 Å². The van der Waals surface area contributed by atoms with Crippen LogP contribution < -0.4 is 0 Å². The first-order valence-corrected chi connectivity index (χ1v) is 5.31. The van der Waals surface area contributed by atoms with Gasteiger partial charge in [-0.25, -0.2) is 0 Å². The van der Waals surface area contributed by atoms with Gasteiger partial charge in [0.15, 0.2) is 6.10 Å². The Morgan fingerprint density at radius 2 is 1.83 bits per heavy atom. The highest BCUT2D eigenvalue weighted by molar-refractivity contribution is 5.77. The first kappa shape index (κ1) is 11.5. The van der Waals surface area contributed by atoms with Gasteiger partial charge >= 0.3 is 17.9 Å². The molecule has 0 spiro atoms. The maximum atomic E-state index is 11.4. The van der Waals surface area contributed by atoms with Crippen molar-refractivity contribution in [1.29, 1.82) is 0 Å². The summed E-state index contributed by atoms with van der Waals surface area (Å²) in [5.74, 6) is -3.29. The predicted octanol–water partition coefficient (Wildman–Crippen LogP) is -0.0561. The standard InChI is InChI=1S/C11H19NO6/c1-12(2,3)7-8(6-10(15)16)18-11(17)5-4-9(13)14/h8H,4-7H2,1-3H3,(H-,13,14,15,16)/p+1/t8-/m1/s1/i1D3. The molecule has 18 heavy (non-hydrogen) atoms. The third-order valence-corrected chi connectivity index (χ3v) is 1.90. The normalized spacial score (nSPS) is 16.0. The zero-order valence-corrected chi connectivity index (χ0v) is 10.4. The van der Waals surface area contributed by atoms with Gasteiger partial charge in [0.2, 0.25) is 0 Å². The summed E-state index contributed by atoms with van der Waals surface area (Å²) in [5.41, 5.74) is 0. The van der Waals surface area contributed by atoms with E-state index in [1.54, 1.807) is 0 Å². The fraction of sp³-hybridized carbons (Fsp3) is 0.727. The Kier molecular flexibility index (Phi) is 4.42. The minimum absolute atomic E-state index is 0.221. The van der Waals surface area contributed by atoms with Gasteiger partial charge in [0, 0.05) is 0 Å². The quantitative estimate of drug-likeness (QED) is 0.471. The minimum Gasteiger partial charge on any atom is -0.481 e. The summed E-state index contributed by atoms with van der Waals surface area (Å²) in [5, 5.41) is 17.2. The van der Waals surface area contributed by atoms with Crippen LogP contribution in [0.15, 0.2) is 0 Å². The highest BCUT2D eigenvalue weighted by Gasteiger charge is 2.24. The van der Waals surface area contributed by atoms with E-state index in [2.05, 4.69) is 0 Å². The maximum Gasteiger partial charge on any atom is 0.307 e. The molecular formula is C11H20NO6+. The highest BCUT2D eigenvalue weighted by Crippen LogP contribution is 2.07. The van der Waals surface area contributed by atoms with Crippen molar-refractivity contribution in [3.63, 3.8) is 0 Å². The fourth-order valence-corrected chi connectivity index (χ4v) is 1.30. The number of ether oxygens (including phenoxy) is 1. The molecule has 104 valence electrons. The van der Waals surface area contributed by atoms with Crippen LogP contribution in [0.4, 0.5) is 0 Å². The predicted molar refractivity (Wildman–Crippen MR) is 61.9 cm³/mol. The number of carboxylic acids is 2. The molecule has 0 unspecified atom stereocenters. The van der Waals surface area contributed by atoms with Crippen molar-refractivity contribution in [2.45, 2.75) is 25.4 Å². The lowest BCUT2D eigenvalue weighted by Crippen LogP contribution is -2.43. The van der Waals surface area contributed by atoms with Gasteiger partial charge in [-0.3, -0.25) is 14.4 Å². The number of hydrogen-bond donors (Lipinski definition) is 2. The van der Waals surface area contributed by atoms with Crippen LogP contribution in [0.5, 0.6) is 0 Å². The third-order valence-electron chi connectivity index (χ3n) is 1.90. The van der Waals surface area contributed by atoms with Crippen molar-refractivity contribution in [3.8, 4) is 0 Å². The number of nitrogens with zero attached hydrogens (tertiary/aromatic N) is 1. The monoisotopic (exact) mass is 265 g/mol. The van der Waals surface area contributed by atoms with Gasteiger partial charge in [0.1, 0.15) is 6.54 Å². The molecule has 0 fully saturated rings. The topological polar surface area (TPSA) is 101 Å². The van der Waals surface area contributed by atoms with E-state index in [-0.39, 0.29) is 6.54 Å². The molecule has 0 aliphatic rings. The van der Waals surface area contributed by atoms with Crippen molar-refractivity contribution in [2.75, 3.05) is 27.6 Å². The second kappa shape index (κ2) is 6.95. The Balaban J connectivity index is 4.77. The number of aliphatic carboxylic acids is 2. The Morgan fingerprint density at radius 3 is 2.28 bits per heavy atom. The number of carbonyl (C=O) groups excluding carboxylic acids is 1. The van der Waals surface area contributed by atoms with Crippen molar-refractivity contribution >= 4 is 17.9 Å². The molecule has 0 rings (SSSR count). The third kappa shape index (κ3) is 9.59. The van der Waals surface area contributed by atoms with Crippen LogP contribution in [0.3, 0.4) is 0 Å². The fourth-order valence-electron chi connectivity index (χ4n) is 1.30. The molecule has 0 aromatic heterocycles. The SMILES string of the molecule is [2H]C([2H])([2H])[N+](C)(C)C[C@@H](CC(=O)O)OC(=O)CCC(=O)O. The highest BCUT2D eigenvalue weighted by atomic mass is 16.5. The van der Waals surface area contributed by atoms with E-state index in [4.69, 9.17) is 19.1 Å². The summed E-state index contributed by atoms with van der Waals surface area (Å²) < 4.78 is 26.5. The summed E-state index contributed by atoms with van der Waals surface area (Å²) in [4.78, 5) is 32.6. The average Bonchev–Trinajstić information content (AvgIpc) is 2.22. The number of esters is 1. The lowest BCUT2D eigenvalue weighted by Gasteiger charge is -2.28. The molecule has 0 amide bonds. The Morgan fingerprint density at radius 1 is 1.22 bits per heavy atom. The number of quaternary nitrogens is 1. The van der Waals surface area contributed by atoms with Crippen LogP contribution in [-0.2, 0) is 19.1 Å². The Labute approximate surface area is 110 Å². The molecule has 0 bridgehead atoms. The van der Waals surface area contributed by atoms with E-state index >= 15 is 0 Å². The largest absolute Gasteiger partial charge is 0.481 e. The summed E-state index contributed by atoms with van der Waals surface area (Å²) in [6.07, 6.45) is -2.52. The van der Waals surface area contributed by atoms with Gasteiger partial charge in [0.25, 0.3) is 0 Å². The van der Waals surface area contributed by atoms with E-state index in [0.29, 0.717) is 0 Å². The van der Waals surface area contributed by atoms with E-state index in [9.17, 15) is 14.4 Å². The molecule has 0 aromatic carbocycles. The Bertz CT molecular complexity index is 407. The summed E-state index contributed by atoms with van der Waals surface area (Å²) in [6, 6.07) is 0. The number of carbonyl (C=O) groups is 3. The molecule has 0 heterocycles. The molecule has 0 saturated carbocycles. The lowest BCUT2D eigenvalue weighted by atomic mass is 10.2. The molecule has 0 aliphatic heterocycles. The second-order valence-corrected chi connectivity index (χ2v) is 4.47. The number of hydrogen-bond acceptors (Lipinski definition) is 4. The average molecular weight is 265 g/mol. The summed E-state index contributed by atoms with van der Waals surface area (Å²) >= 11 is 0.